The molecule has 2 aromatic heterocycles. The molecular weight excluding hydrogens is 388 g/mol. The first-order chi connectivity index (χ1) is 11.6. The third-order valence-corrected chi connectivity index (χ3v) is 6.22. The molecule has 0 bridgehead atoms. The second kappa shape index (κ2) is 6.33. The number of rotatable bonds is 1. The number of hydrogen-bond donors (Lipinski definition) is 2. The van der Waals surface area contributed by atoms with Crippen molar-refractivity contribution in [3.8, 4) is 17.1 Å². The van der Waals surface area contributed by atoms with Gasteiger partial charge in [-0.05, 0) is 49.4 Å². The highest BCUT2D eigenvalue weighted by Gasteiger charge is 2.19. The summed E-state index contributed by atoms with van der Waals surface area (Å²) in [5.74, 6) is 0.524. The Bertz CT molecular complexity index is 977. The van der Waals surface area contributed by atoms with Gasteiger partial charge in [0.15, 0.2) is 0 Å². The van der Waals surface area contributed by atoms with E-state index >= 15 is 0 Å². The Morgan fingerprint density at radius 1 is 1.17 bits per heavy atom. The summed E-state index contributed by atoms with van der Waals surface area (Å²) < 4.78 is 0.830. The van der Waals surface area contributed by atoms with E-state index in [1.807, 2.05) is 0 Å². The van der Waals surface area contributed by atoms with Crippen LogP contribution in [0.1, 0.15) is 36.1 Å². The van der Waals surface area contributed by atoms with E-state index in [1.54, 1.807) is 29.5 Å². The molecule has 0 radical (unpaired) electrons. The molecule has 2 heterocycles. The summed E-state index contributed by atoms with van der Waals surface area (Å²) in [5.41, 5.74) is 1.62. The lowest BCUT2D eigenvalue weighted by Gasteiger charge is -2.09. The maximum atomic E-state index is 12.7. The molecule has 6 heteroatoms. The minimum absolute atomic E-state index is 0.104. The first-order valence-corrected chi connectivity index (χ1v) is 9.78. The van der Waals surface area contributed by atoms with Gasteiger partial charge in [0.25, 0.3) is 5.56 Å². The number of H-pyrrole nitrogens is 1. The molecule has 0 saturated carbocycles. The molecule has 4 rings (SSSR count). The van der Waals surface area contributed by atoms with E-state index in [0.717, 1.165) is 34.0 Å². The zero-order chi connectivity index (χ0) is 16.7. The Kier molecular flexibility index (Phi) is 4.18. The minimum atomic E-state index is -0.104. The van der Waals surface area contributed by atoms with E-state index in [2.05, 4.69) is 25.9 Å². The average molecular weight is 405 g/mol. The summed E-state index contributed by atoms with van der Waals surface area (Å²) in [4.78, 5) is 22.3. The minimum Gasteiger partial charge on any atom is -0.507 e. The number of phenolic OH excluding ortho intramolecular Hbond substituents is 1. The number of thiophene rings is 1. The van der Waals surface area contributed by atoms with Crippen LogP contribution in [0, 0.1) is 0 Å². The van der Waals surface area contributed by atoms with Gasteiger partial charge in [-0.2, -0.15) is 0 Å². The van der Waals surface area contributed by atoms with Crippen molar-refractivity contribution in [2.24, 2.45) is 0 Å². The summed E-state index contributed by atoms with van der Waals surface area (Å²) in [5, 5.41) is 10.9. The number of nitrogens with one attached hydrogen (secondary N) is 1. The summed E-state index contributed by atoms with van der Waals surface area (Å²) in [6, 6.07) is 5.12. The van der Waals surface area contributed by atoms with E-state index in [-0.39, 0.29) is 11.3 Å². The van der Waals surface area contributed by atoms with Crippen LogP contribution in [0.15, 0.2) is 27.5 Å². The van der Waals surface area contributed by atoms with Crippen LogP contribution < -0.4 is 5.56 Å². The fourth-order valence-corrected chi connectivity index (χ4v) is 4.97. The van der Waals surface area contributed by atoms with Gasteiger partial charge in [-0.3, -0.25) is 4.79 Å². The second-order valence-corrected chi connectivity index (χ2v) is 8.17. The first kappa shape index (κ1) is 15.8. The monoisotopic (exact) mass is 404 g/mol. The van der Waals surface area contributed by atoms with Crippen LogP contribution in [-0.4, -0.2) is 15.1 Å². The molecule has 0 amide bonds. The van der Waals surface area contributed by atoms with E-state index < -0.39 is 0 Å². The van der Waals surface area contributed by atoms with Crippen LogP contribution in [0.3, 0.4) is 0 Å². The van der Waals surface area contributed by atoms with E-state index in [4.69, 9.17) is 0 Å². The number of halogens is 1. The van der Waals surface area contributed by atoms with E-state index in [9.17, 15) is 9.90 Å². The first-order valence-electron chi connectivity index (χ1n) is 8.17. The molecule has 1 aliphatic carbocycles. The van der Waals surface area contributed by atoms with Gasteiger partial charge in [0.05, 0.1) is 10.9 Å². The van der Waals surface area contributed by atoms with Gasteiger partial charge in [-0.15, -0.1) is 11.3 Å². The van der Waals surface area contributed by atoms with Crippen LogP contribution in [0.25, 0.3) is 21.6 Å². The summed E-state index contributed by atoms with van der Waals surface area (Å²) >= 11 is 5.03. The fourth-order valence-electron chi connectivity index (χ4n) is 3.34. The molecule has 2 N–H and O–H groups in total. The SMILES string of the molecule is O=c1[nH]c(-c2cc(Br)ccc2O)nc2sc3c(c12)CCCCCC3. The number of hydrogen-bond acceptors (Lipinski definition) is 4. The van der Waals surface area contributed by atoms with Crippen LogP contribution >= 0.6 is 27.3 Å². The lowest BCUT2D eigenvalue weighted by atomic mass is 9.98. The van der Waals surface area contributed by atoms with Crippen molar-refractivity contribution in [3.05, 3.63) is 43.5 Å². The van der Waals surface area contributed by atoms with Gasteiger partial charge in [0.1, 0.15) is 16.4 Å². The Hall–Kier alpha value is -1.66. The number of fused-ring (bicyclic) bond motifs is 3. The number of aromatic nitrogens is 2. The standard InChI is InChI=1S/C18H17BrN2O2S/c19-10-7-8-13(22)12(9-10)16-20-17(23)15-11-5-3-1-2-4-6-14(11)24-18(15)21-16/h7-9,22H,1-6H2,(H,20,21,23). The molecule has 0 saturated heterocycles. The molecule has 0 aliphatic heterocycles. The molecular formula is C18H17BrN2O2S. The molecule has 0 atom stereocenters. The molecule has 1 aromatic carbocycles. The summed E-state index contributed by atoms with van der Waals surface area (Å²) in [6.45, 7) is 0. The maximum absolute atomic E-state index is 12.7. The van der Waals surface area contributed by atoms with E-state index in [1.165, 1.54) is 29.7 Å². The summed E-state index contributed by atoms with van der Waals surface area (Å²) in [6.07, 6.45) is 6.79. The molecule has 24 heavy (non-hydrogen) atoms. The fraction of sp³-hybridized carbons (Fsp3) is 0.333. The third-order valence-electron chi connectivity index (χ3n) is 4.54. The van der Waals surface area contributed by atoms with Crippen molar-refractivity contribution >= 4 is 37.5 Å². The van der Waals surface area contributed by atoms with Crippen molar-refractivity contribution in [3.63, 3.8) is 0 Å². The van der Waals surface area contributed by atoms with Crippen LogP contribution in [0.4, 0.5) is 0 Å². The average Bonchev–Trinajstić information content (AvgIpc) is 2.87. The predicted octanol–water partition coefficient (Wildman–Crippen LogP) is 4.78. The van der Waals surface area contributed by atoms with Crippen molar-refractivity contribution in [2.75, 3.05) is 0 Å². The highest BCUT2D eigenvalue weighted by Crippen LogP contribution is 2.35. The maximum Gasteiger partial charge on any atom is 0.260 e. The van der Waals surface area contributed by atoms with Gasteiger partial charge in [-0.1, -0.05) is 28.8 Å². The van der Waals surface area contributed by atoms with Crippen molar-refractivity contribution in [1.29, 1.82) is 0 Å². The number of benzene rings is 1. The largest absolute Gasteiger partial charge is 0.507 e. The molecule has 0 fully saturated rings. The zero-order valence-corrected chi connectivity index (χ0v) is 15.5. The number of aromatic amines is 1. The van der Waals surface area contributed by atoms with Crippen molar-refractivity contribution in [2.45, 2.75) is 38.5 Å². The van der Waals surface area contributed by atoms with Crippen LogP contribution in [-0.2, 0) is 12.8 Å². The lowest BCUT2D eigenvalue weighted by Crippen LogP contribution is -2.10. The highest BCUT2D eigenvalue weighted by atomic mass is 79.9. The topological polar surface area (TPSA) is 66.0 Å². The van der Waals surface area contributed by atoms with Gasteiger partial charge in [0.2, 0.25) is 0 Å². The number of phenols is 1. The molecule has 0 spiro atoms. The van der Waals surface area contributed by atoms with Gasteiger partial charge >= 0.3 is 0 Å². The second-order valence-electron chi connectivity index (χ2n) is 6.17. The Morgan fingerprint density at radius 3 is 2.79 bits per heavy atom. The zero-order valence-electron chi connectivity index (χ0n) is 13.1. The van der Waals surface area contributed by atoms with Crippen LogP contribution in [0.5, 0.6) is 5.75 Å². The predicted molar refractivity (Wildman–Crippen MR) is 101 cm³/mol. The third kappa shape index (κ3) is 2.78. The molecule has 1 aliphatic rings. The summed E-state index contributed by atoms with van der Waals surface area (Å²) in [7, 11) is 0. The Morgan fingerprint density at radius 2 is 1.96 bits per heavy atom. The Labute approximate surface area is 151 Å². The molecule has 4 nitrogen and oxygen atoms in total. The number of aryl methyl sites for hydroxylation is 2. The highest BCUT2D eigenvalue weighted by molar-refractivity contribution is 9.10. The lowest BCUT2D eigenvalue weighted by molar-refractivity contribution is 0.477. The van der Waals surface area contributed by atoms with Gasteiger partial charge < -0.3 is 10.1 Å². The van der Waals surface area contributed by atoms with Gasteiger partial charge in [-0.25, -0.2) is 4.98 Å². The molecule has 124 valence electrons. The molecule has 3 aromatic rings. The molecule has 0 unspecified atom stereocenters. The number of aromatic hydroxyl groups is 1. The van der Waals surface area contributed by atoms with Crippen molar-refractivity contribution in [1.82, 2.24) is 9.97 Å². The normalized spacial score (nSPS) is 15.0. The van der Waals surface area contributed by atoms with Gasteiger partial charge in [0, 0.05) is 9.35 Å². The van der Waals surface area contributed by atoms with E-state index in [0.29, 0.717) is 11.4 Å². The number of nitrogens with zero attached hydrogens (tertiary/aromatic N) is 1. The van der Waals surface area contributed by atoms with Crippen molar-refractivity contribution < 1.29 is 5.11 Å². The Balaban J connectivity index is 1.92. The van der Waals surface area contributed by atoms with Crippen LogP contribution in [0.2, 0.25) is 0 Å². The smallest absolute Gasteiger partial charge is 0.260 e. The quantitative estimate of drug-likeness (QED) is 0.613.